The summed E-state index contributed by atoms with van der Waals surface area (Å²) in [4.78, 5) is 9.95. The van der Waals surface area contributed by atoms with Crippen molar-refractivity contribution in [2.24, 2.45) is 0 Å². The Balaban J connectivity index is 2.81. The molecule has 8 heteroatoms. The molecule has 0 unspecified atom stereocenters. The average Bonchev–Trinajstić information content (AvgIpc) is 2.24. The second-order valence-corrected chi connectivity index (χ2v) is 6.60. The minimum absolute atomic E-state index is 0.0603. The Labute approximate surface area is 112 Å². The van der Waals surface area contributed by atoms with E-state index >= 15 is 0 Å². The van der Waals surface area contributed by atoms with Gasteiger partial charge in [-0.25, -0.2) is 18.4 Å². The summed E-state index contributed by atoms with van der Waals surface area (Å²) in [7, 11) is 0.289. The SMILES string of the molecule is COCc1nc(Cl)cc(N(C)CCS(C)(=O)=O)n1. The van der Waals surface area contributed by atoms with E-state index in [-0.39, 0.29) is 12.4 Å². The van der Waals surface area contributed by atoms with Crippen LogP contribution in [-0.4, -0.2) is 51.1 Å². The Hall–Kier alpha value is -0.920. The van der Waals surface area contributed by atoms with Crippen molar-refractivity contribution in [1.29, 1.82) is 0 Å². The first-order valence-corrected chi connectivity index (χ1v) is 7.67. The van der Waals surface area contributed by atoms with E-state index in [1.165, 1.54) is 13.4 Å². The number of nitrogens with zero attached hydrogens (tertiary/aromatic N) is 3. The number of anilines is 1. The van der Waals surface area contributed by atoms with E-state index in [0.717, 1.165) is 0 Å². The largest absolute Gasteiger partial charge is 0.377 e. The summed E-state index contributed by atoms with van der Waals surface area (Å²) in [5, 5.41) is 0.304. The Kier molecular flexibility index (Phi) is 5.30. The molecule has 0 bridgehead atoms. The zero-order valence-electron chi connectivity index (χ0n) is 10.6. The Morgan fingerprint density at radius 1 is 1.44 bits per heavy atom. The van der Waals surface area contributed by atoms with Crippen molar-refractivity contribution >= 4 is 27.3 Å². The number of aromatic nitrogens is 2. The van der Waals surface area contributed by atoms with Crippen LogP contribution in [0, 0.1) is 0 Å². The van der Waals surface area contributed by atoms with E-state index in [2.05, 4.69) is 9.97 Å². The summed E-state index contributed by atoms with van der Waals surface area (Å²) in [5.74, 6) is 1.10. The quantitative estimate of drug-likeness (QED) is 0.721. The number of halogens is 1. The van der Waals surface area contributed by atoms with E-state index in [1.54, 1.807) is 18.0 Å². The van der Waals surface area contributed by atoms with Gasteiger partial charge >= 0.3 is 0 Å². The van der Waals surface area contributed by atoms with Crippen LogP contribution < -0.4 is 4.90 Å². The fourth-order valence-electron chi connectivity index (χ4n) is 1.26. The molecule has 0 amide bonds. The van der Waals surface area contributed by atoms with Crippen LogP contribution in [0.25, 0.3) is 0 Å². The molecule has 0 N–H and O–H groups in total. The van der Waals surface area contributed by atoms with E-state index in [0.29, 0.717) is 23.3 Å². The van der Waals surface area contributed by atoms with Crippen LogP contribution in [0.3, 0.4) is 0 Å². The summed E-state index contributed by atoms with van der Waals surface area (Å²) in [5.41, 5.74) is 0. The summed E-state index contributed by atoms with van der Waals surface area (Å²) < 4.78 is 27.1. The molecule has 1 rings (SSSR count). The molecule has 18 heavy (non-hydrogen) atoms. The zero-order valence-corrected chi connectivity index (χ0v) is 12.1. The van der Waals surface area contributed by atoms with Crippen molar-refractivity contribution in [3.63, 3.8) is 0 Å². The molecule has 0 fully saturated rings. The van der Waals surface area contributed by atoms with Gasteiger partial charge in [-0.3, -0.25) is 0 Å². The maximum Gasteiger partial charge on any atom is 0.158 e. The van der Waals surface area contributed by atoms with Crippen LogP contribution >= 0.6 is 11.6 Å². The number of sulfone groups is 1. The van der Waals surface area contributed by atoms with E-state index in [1.807, 2.05) is 0 Å². The van der Waals surface area contributed by atoms with Gasteiger partial charge in [0.25, 0.3) is 0 Å². The molecule has 0 saturated carbocycles. The first kappa shape index (κ1) is 15.1. The van der Waals surface area contributed by atoms with Gasteiger partial charge in [0.1, 0.15) is 27.4 Å². The smallest absolute Gasteiger partial charge is 0.158 e. The third kappa shape index (κ3) is 5.16. The van der Waals surface area contributed by atoms with Crippen LogP contribution in [0.4, 0.5) is 5.82 Å². The Bertz CT molecular complexity index is 507. The normalized spacial score (nSPS) is 11.6. The van der Waals surface area contributed by atoms with Crippen molar-refractivity contribution in [2.75, 3.05) is 37.6 Å². The van der Waals surface area contributed by atoms with Crippen LogP contribution in [-0.2, 0) is 21.2 Å². The monoisotopic (exact) mass is 293 g/mol. The molecule has 0 aliphatic carbocycles. The van der Waals surface area contributed by atoms with Crippen LogP contribution in [0.15, 0.2) is 6.07 Å². The van der Waals surface area contributed by atoms with Crippen molar-refractivity contribution in [2.45, 2.75) is 6.61 Å². The molecule has 1 aromatic heterocycles. The highest BCUT2D eigenvalue weighted by Crippen LogP contribution is 2.15. The average molecular weight is 294 g/mol. The van der Waals surface area contributed by atoms with Gasteiger partial charge in [-0.05, 0) is 0 Å². The fraction of sp³-hybridized carbons (Fsp3) is 0.600. The first-order chi connectivity index (χ1) is 8.31. The van der Waals surface area contributed by atoms with Gasteiger partial charge < -0.3 is 9.64 Å². The molecule has 0 radical (unpaired) electrons. The molecule has 6 nitrogen and oxygen atoms in total. The van der Waals surface area contributed by atoms with Gasteiger partial charge in [0.15, 0.2) is 5.82 Å². The van der Waals surface area contributed by atoms with Crippen LogP contribution in [0.2, 0.25) is 5.15 Å². The zero-order chi connectivity index (χ0) is 13.8. The van der Waals surface area contributed by atoms with Gasteiger partial charge in [0.2, 0.25) is 0 Å². The Morgan fingerprint density at radius 2 is 2.11 bits per heavy atom. The lowest BCUT2D eigenvalue weighted by molar-refractivity contribution is 0.178. The highest BCUT2D eigenvalue weighted by molar-refractivity contribution is 7.90. The molecule has 0 aromatic carbocycles. The maximum atomic E-state index is 11.1. The minimum Gasteiger partial charge on any atom is -0.377 e. The summed E-state index contributed by atoms with van der Waals surface area (Å²) in [6.07, 6.45) is 1.20. The van der Waals surface area contributed by atoms with Gasteiger partial charge in [0.05, 0.1) is 5.75 Å². The van der Waals surface area contributed by atoms with Crippen molar-refractivity contribution in [1.82, 2.24) is 9.97 Å². The fourth-order valence-corrected chi connectivity index (χ4v) is 2.06. The van der Waals surface area contributed by atoms with E-state index < -0.39 is 9.84 Å². The molecule has 0 aliphatic rings. The number of hydrogen-bond acceptors (Lipinski definition) is 6. The second kappa shape index (κ2) is 6.31. The van der Waals surface area contributed by atoms with Gasteiger partial charge in [0, 0.05) is 33.0 Å². The molecule has 0 atom stereocenters. The number of rotatable bonds is 6. The highest BCUT2D eigenvalue weighted by Gasteiger charge is 2.10. The number of ether oxygens (including phenoxy) is 1. The molecule has 0 aliphatic heterocycles. The van der Waals surface area contributed by atoms with Gasteiger partial charge in [-0.1, -0.05) is 11.6 Å². The number of hydrogen-bond donors (Lipinski definition) is 0. The first-order valence-electron chi connectivity index (χ1n) is 5.23. The second-order valence-electron chi connectivity index (χ2n) is 3.95. The van der Waals surface area contributed by atoms with E-state index in [9.17, 15) is 8.42 Å². The molecule has 1 heterocycles. The van der Waals surface area contributed by atoms with E-state index in [4.69, 9.17) is 16.3 Å². The van der Waals surface area contributed by atoms with Crippen molar-refractivity contribution < 1.29 is 13.2 Å². The predicted molar refractivity (Wildman–Crippen MR) is 70.7 cm³/mol. The third-order valence-electron chi connectivity index (χ3n) is 2.19. The summed E-state index contributed by atoms with van der Waals surface area (Å²) >= 11 is 5.87. The highest BCUT2D eigenvalue weighted by atomic mass is 35.5. The summed E-state index contributed by atoms with van der Waals surface area (Å²) in [6.45, 7) is 0.603. The lowest BCUT2D eigenvalue weighted by Crippen LogP contribution is -2.26. The summed E-state index contributed by atoms with van der Waals surface area (Å²) in [6, 6.07) is 1.59. The van der Waals surface area contributed by atoms with Crippen LogP contribution in [0.5, 0.6) is 0 Å². The van der Waals surface area contributed by atoms with Crippen molar-refractivity contribution in [3.05, 3.63) is 17.0 Å². The molecular formula is C10H16ClN3O3S. The topological polar surface area (TPSA) is 72.4 Å². The minimum atomic E-state index is -3.00. The third-order valence-corrected chi connectivity index (χ3v) is 3.31. The van der Waals surface area contributed by atoms with Gasteiger partial charge in [-0.15, -0.1) is 0 Å². The maximum absolute atomic E-state index is 11.1. The van der Waals surface area contributed by atoms with Crippen LogP contribution in [0.1, 0.15) is 5.82 Å². The Morgan fingerprint density at radius 3 is 2.67 bits per heavy atom. The van der Waals surface area contributed by atoms with Gasteiger partial charge in [-0.2, -0.15) is 0 Å². The lowest BCUT2D eigenvalue weighted by Gasteiger charge is -2.18. The lowest BCUT2D eigenvalue weighted by atomic mass is 10.5. The standard InChI is InChI=1S/C10H16ClN3O3S/c1-14(4-5-18(3,15)16)10-6-8(11)12-9(13-10)7-17-2/h6H,4-5,7H2,1-3H3. The molecular weight excluding hydrogens is 278 g/mol. The predicted octanol–water partition coefficient (Wildman–Crippen LogP) is 0.757. The van der Waals surface area contributed by atoms with Crippen molar-refractivity contribution in [3.8, 4) is 0 Å². The molecule has 0 saturated heterocycles. The number of methoxy groups -OCH3 is 1. The molecule has 1 aromatic rings. The molecule has 0 spiro atoms. The molecule has 102 valence electrons.